The first-order valence-electron chi connectivity index (χ1n) is 3.75. The Hall–Kier alpha value is -0.870. The molecule has 2 heterocycles. The summed E-state index contributed by atoms with van der Waals surface area (Å²) in [6, 6.07) is 1.83. The lowest BCUT2D eigenvalue weighted by molar-refractivity contribution is -0.127. The van der Waals surface area contributed by atoms with Crippen molar-refractivity contribution in [2.75, 3.05) is 7.05 Å². The zero-order valence-corrected chi connectivity index (χ0v) is 8.52. The van der Waals surface area contributed by atoms with Crippen molar-refractivity contribution in [2.45, 2.75) is 6.42 Å². The highest BCUT2D eigenvalue weighted by atomic mass is 35.5. The summed E-state index contributed by atoms with van der Waals surface area (Å²) in [4.78, 5) is 11.1. The van der Waals surface area contributed by atoms with E-state index in [0.717, 1.165) is 15.6 Å². The number of hydrogen-bond acceptors (Lipinski definition) is 3. The fourth-order valence-corrected chi connectivity index (χ4v) is 2.04. The molecule has 0 saturated heterocycles. The van der Waals surface area contributed by atoms with Crippen LogP contribution in [-0.4, -0.2) is 23.7 Å². The molecule has 0 spiro atoms. The molecule has 0 aliphatic carbocycles. The molecule has 1 aliphatic rings. The van der Waals surface area contributed by atoms with Gasteiger partial charge >= 0.3 is 0 Å². The van der Waals surface area contributed by atoms with Gasteiger partial charge in [0.1, 0.15) is 0 Å². The number of thiophene rings is 1. The quantitative estimate of drug-likeness (QED) is 0.704. The number of rotatable bonds is 1. The van der Waals surface area contributed by atoms with E-state index in [2.05, 4.69) is 5.10 Å². The second-order valence-electron chi connectivity index (χ2n) is 2.78. The third-order valence-corrected chi connectivity index (χ3v) is 2.94. The number of carbonyl (C=O) groups is 1. The summed E-state index contributed by atoms with van der Waals surface area (Å²) in [6.07, 6.45) is 0.379. The average Bonchev–Trinajstić information content (AvgIpc) is 2.61. The number of halogens is 1. The SMILES string of the molecule is CN1N=C(c2csc(Cl)c2)CC1=O. The number of amides is 1. The Labute approximate surface area is 84.6 Å². The second kappa shape index (κ2) is 3.12. The molecule has 0 N–H and O–H groups in total. The van der Waals surface area contributed by atoms with Crippen molar-refractivity contribution in [1.29, 1.82) is 0 Å². The number of carbonyl (C=O) groups excluding carboxylic acids is 1. The number of hydrogen-bond donors (Lipinski definition) is 0. The first-order valence-corrected chi connectivity index (χ1v) is 5.01. The Morgan fingerprint density at radius 1 is 1.69 bits per heavy atom. The molecule has 3 nitrogen and oxygen atoms in total. The van der Waals surface area contributed by atoms with E-state index in [1.165, 1.54) is 16.3 Å². The van der Waals surface area contributed by atoms with Gasteiger partial charge in [-0.3, -0.25) is 4.79 Å². The summed E-state index contributed by atoms with van der Waals surface area (Å²) in [5.74, 6) is 0.0253. The average molecular weight is 215 g/mol. The minimum Gasteiger partial charge on any atom is -0.273 e. The Balaban J connectivity index is 2.29. The fourth-order valence-electron chi connectivity index (χ4n) is 1.15. The van der Waals surface area contributed by atoms with E-state index in [0.29, 0.717) is 6.42 Å². The van der Waals surface area contributed by atoms with E-state index in [-0.39, 0.29) is 5.91 Å². The van der Waals surface area contributed by atoms with Crippen molar-refractivity contribution < 1.29 is 4.79 Å². The Kier molecular flexibility index (Phi) is 2.09. The molecule has 1 aliphatic heterocycles. The summed E-state index contributed by atoms with van der Waals surface area (Å²) in [5, 5.41) is 7.37. The van der Waals surface area contributed by atoms with Crippen molar-refractivity contribution in [2.24, 2.45) is 5.10 Å². The lowest BCUT2D eigenvalue weighted by atomic mass is 10.1. The maximum atomic E-state index is 11.1. The Morgan fingerprint density at radius 2 is 2.46 bits per heavy atom. The Morgan fingerprint density at radius 3 is 2.92 bits per heavy atom. The molecule has 1 amide bonds. The van der Waals surface area contributed by atoms with Crippen molar-refractivity contribution in [3.8, 4) is 0 Å². The maximum absolute atomic E-state index is 11.1. The van der Waals surface area contributed by atoms with E-state index >= 15 is 0 Å². The molecule has 0 atom stereocenters. The van der Waals surface area contributed by atoms with Gasteiger partial charge in [0, 0.05) is 18.0 Å². The van der Waals surface area contributed by atoms with Crippen molar-refractivity contribution in [3.63, 3.8) is 0 Å². The van der Waals surface area contributed by atoms with Crippen LogP contribution in [0.2, 0.25) is 4.34 Å². The van der Waals surface area contributed by atoms with Gasteiger partial charge in [-0.15, -0.1) is 11.3 Å². The molecule has 0 aromatic carbocycles. The highest BCUT2D eigenvalue weighted by molar-refractivity contribution is 7.14. The van der Waals surface area contributed by atoms with Gasteiger partial charge in [0.15, 0.2) is 0 Å². The molecule has 0 unspecified atom stereocenters. The lowest BCUT2D eigenvalue weighted by Crippen LogP contribution is -2.14. The standard InChI is InChI=1S/C8H7ClN2OS/c1-11-8(12)3-6(10-11)5-2-7(9)13-4-5/h2,4H,3H2,1H3. The molecule has 5 heteroatoms. The summed E-state index contributed by atoms with van der Waals surface area (Å²) >= 11 is 7.23. The molecule has 1 aromatic rings. The van der Waals surface area contributed by atoms with Crippen LogP contribution in [0.5, 0.6) is 0 Å². The van der Waals surface area contributed by atoms with Gasteiger partial charge in [0.05, 0.1) is 16.5 Å². The molecule has 68 valence electrons. The van der Waals surface area contributed by atoms with Gasteiger partial charge in [0.2, 0.25) is 5.91 Å². The van der Waals surface area contributed by atoms with E-state index in [9.17, 15) is 4.79 Å². The number of nitrogens with zero attached hydrogens (tertiary/aromatic N) is 2. The zero-order valence-electron chi connectivity index (χ0n) is 6.95. The molecule has 0 saturated carbocycles. The predicted octanol–water partition coefficient (Wildman–Crippen LogP) is 1.97. The van der Waals surface area contributed by atoms with Gasteiger partial charge in [-0.2, -0.15) is 5.10 Å². The molecule has 2 rings (SSSR count). The van der Waals surface area contributed by atoms with Crippen LogP contribution in [0.25, 0.3) is 0 Å². The molecule has 13 heavy (non-hydrogen) atoms. The van der Waals surface area contributed by atoms with Gasteiger partial charge in [-0.05, 0) is 6.07 Å². The molecule has 0 fully saturated rings. The van der Waals surface area contributed by atoms with Crippen LogP contribution in [-0.2, 0) is 4.79 Å². The van der Waals surface area contributed by atoms with Crippen LogP contribution in [0.15, 0.2) is 16.5 Å². The summed E-state index contributed by atoms with van der Waals surface area (Å²) in [7, 11) is 1.66. The minimum absolute atomic E-state index is 0.0253. The van der Waals surface area contributed by atoms with Crippen LogP contribution < -0.4 is 0 Å². The van der Waals surface area contributed by atoms with Gasteiger partial charge < -0.3 is 0 Å². The van der Waals surface area contributed by atoms with Crippen molar-refractivity contribution in [3.05, 3.63) is 21.3 Å². The van der Waals surface area contributed by atoms with Crippen LogP contribution in [0.4, 0.5) is 0 Å². The number of hydrazone groups is 1. The summed E-state index contributed by atoms with van der Waals surface area (Å²) < 4.78 is 0.722. The smallest absolute Gasteiger partial charge is 0.248 e. The van der Waals surface area contributed by atoms with Crippen molar-refractivity contribution >= 4 is 34.6 Å². The molecule has 1 aromatic heterocycles. The van der Waals surface area contributed by atoms with Crippen LogP contribution in [0, 0.1) is 0 Å². The normalized spacial score (nSPS) is 16.6. The van der Waals surface area contributed by atoms with Gasteiger partial charge in [0.25, 0.3) is 0 Å². The first-order chi connectivity index (χ1) is 6.16. The van der Waals surface area contributed by atoms with Crippen LogP contribution >= 0.6 is 22.9 Å². The molecule has 0 bridgehead atoms. The predicted molar refractivity (Wildman–Crippen MR) is 53.3 cm³/mol. The molecule has 0 radical (unpaired) electrons. The van der Waals surface area contributed by atoms with Crippen molar-refractivity contribution in [1.82, 2.24) is 5.01 Å². The second-order valence-corrected chi connectivity index (χ2v) is 4.32. The van der Waals surface area contributed by atoms with Gasteiger partial charge in [-0.1, -0.05) is 11.6 Å². The lowest BCUT2D eigenvalue weighted by Gasteiger charge is -1.98. The highest BCUT2D eigenvalue weighted by Gasteiger charge is 2.21. The first kappa shape index (κ1) is 8.72. The largest absolute Gasteiger partial charge is 0.273 e. The maximum Gasteiger partial charge on any atom is 0.248 e. The summed E-state index contributed by atoms with van der Waals surface area (Å²) in [5.41, 5.74) is 1.75. The van der Waals surface area contributed by atoms with Crippen LogP contribution in [0.3, 0.4) is 0 Å². The van der Waals surface area contributed by atoms with Crippen LogP contribution in [0.1, 0.15) is 12.0 Å². The third kappa shape index (κ3) is 1.59. The zero-order chi connectivity index (χ0) is 9.42. The van der Waals surface area contributed by atoms with E-state index < -0.39 is 0 Å². The van der Waals surface area contributed by atoms with E-state index in [4.69, 9.17) is 11.6 Å². The van der Waals surface area contributed by atoms with Gasteiger partial charge in [-0.25, -0.2) is 5.01 Å². The minimum atomic E-state index is 0.0253. The monoisotopic (exact) mass is 214 g/mol. The third-order valence-electron chi connectivity index (χ3n) is 1.85. The summed E-state index contributed by atoms with van der Waals surface area (Å²) in [6.45, 7) is 0. The van der Waals surface area contributed by atoms with E-state index in [1.54, 1.807) is 7.05 Å². The molecular formula is C8H7ClN2OS. The Bertz CT molecular complexity index is 385. The van der Waals surface area contributed by atoms with E-state index in [1.807, 2.05) is 11.4 Å². The topological polar surface area (TPSA) is 32.7 Å². The highest BCUT2D eigenvalue weighted by Crippen LogP contribution is 2.23. The molecular weight excluding hydrogens is 208 g/mol. The fraction of sp³-hybridized carbons (Fsp3) is 0.250.